The van der Waals surface area contributed by atoms with E-state index in [0.29, 0.717) is 17.5 Å². The first-order valence-corrected chi connectivity index (χ1v) is 12.1. The summed E-state index contributed by atoms with van der Waals surface area (Å²) in [5.41, 5.74) is 0.676. The average molecular weight is 482 g/mol. The molecule has 0 fully saturated rings. The summed E-state index contributed by atoms with van der Waals surface area (Å²) in [6.07, 6.45) is 1.50. The van der Waals surface area contributed by atoms with E-state index < -0.39 is 36.1 Å². The predicted molar refractivity (Wildman–Crippen MR) is 100 cm³/mol. The van der Waals surface area contributed by atoms with Crippen LogP contribution >= 0.6 is 27.5 Å². The van der Waals surface area contributed by atoms with E-state index in [-0.39, 0.29) is 21.2 Å². The van der Waals surface area contributed by atoms with Crippen LogP contribution in [0.15, 0.2) is 38.5 Å². The van der Waals surface area contributed by atoms with Crippen LogP contribution in [-0.2, 0) is 31.8 Å². The maximum atomic E-state index is 12.9. The summed E-state index contributed by atoms with van der Waals surface area (Å²) in [6, 6.07) is 5.54. The molecule has 1 heterocycles. The molecule has 0 atom stereocenters. The van der Waals surface area contributed by atoms with Gasteiger partial charge in [-0.3, -0.25) is 0 Å². The van der Waals surface area contributed by atoms with Crippen LogP contribution in [-0.4, -0.2) is 34.8 Å². The van der Waals surface area contributed by atoms with Crippen LogP contribution in [0.5, 0.6) is 11.5 Å². The third kappa shape index (κ3) is 3.71. The summed E-state index contributed by atoms with van der Waals surface area (Å²) in [5, 5.41) is 10.3. The largest absolute Gasteiger partial charge is 0.506 e. The van der Waals surface area contributed by atoms with Gasteiger partial charge in [-0.2, -0.15) is 0 Å². The average Bonchev–Trinajstić information content (AvgIpc) is 2.96. The molecule has 2 aromatic carbocycles. The summed E-state index contributed by atoms with van der Waals surface area (Å²) in [4.78, 5) is -0.425. The second-order valence-corrected chi connectivity index (χ2v) is 11.2. The van der Waals surface area contributed by atoms with E-state index in [1.165, 1.54) is 12.1 Å². The Morgan fingerprint density at radius 3 is 2.50 bits per heavy atom. The van der Waals surface area contributed by atoms with E-state index in [9.17, 15) is 21.9 Å². The number of aromatic hydroxyl groups is 1. The SMILES string of the molecule is CS(=O)(=O)c1cc(Cl)cc(CS(=O)(=O)c2cc(Br)cc3c2OCC3)c1O. The van der Waals surface area contributed by atoms with Gasteiger partial charge in [-0.25, -0.2) is 16.8 Å². The van der Waals surface area contributed by atoms with Crippen molar-refractivity contribution < 1.29 is 26.7 Å². The molecule has 0 spiro atoms. The predicted octanol–water partition coefficient (Wildman–Crippen LogP) is 3.12. The van der Waals surface area contributed by atoms with Crippen molar-refractivity contribution in [3.63, 3.8) is 0 Å². The molecule has 3 rings (SSSR count). The van der Waals surface area contributed by atoms with E-state index in [1.807, 2.05) is 0 Å². The van der Waals surface area contributed by atoms with Gasteiger partial charge in [-0.05, 0) is 29.8 Å². The Morgan fingerprint density at radius 1 is 1.15 bits per heavy atom. The van der Waals surface area contributed by atoms with Crippen LogP contribution in [0.25, 0.3) is 0 Å². The first kappa shape index (κ1) is 19.5. The number of sulfone groups is 2. The molecule has 0 radical (unpaired) electrons. The lowest BCUT2D eigenvalue weighted by Crippen LogP contribution is -2.08. The number of halogens is 2. The smallest absolute Gasteiger partial charge is 0.186 e. The fourth-order valence-corrected chi connectivity index (χ4v) is 6.12. The maximum Gasteiger partial charge on any atom is 0.186 e. The minimum atomic E-state index is -3.93. The maximum absolute atomic E-state index is 12.9. The zero-order valence-corrected chi connectivity index (χ0v) is 17.5. The number of ether oxygens (including phenoxy) is 1. The molecule has 26 heavy (non-hydrogen) atoms. The summed E-state index contributed by atoms with van der Waals surface area (Å²) in [5.74, 6) is -0.945. The van der Waals surface area contributed by atoms with Crippen LogP contribution < -0.4 is 4.74 Å². The van der Waals surface area contributed by atoms with E-state index >= 15 is 0 Å². The minimum absolute atomic E-state index is 0.0142. The molecule has 10 heteroatoms. The molecule has 2 aromatic rings. The topological polar surface area (TPSA) is 97.7 Å². The Hall–Kier alpha value is -1.29. The Kier molecular flexibility index (Phi) is 5.02. The summed E-state index contributed by atoms with van der Waals surface area (Å²) in [7, 11) is -7.71. The molecule has 0 saturated heterocycles. The van der Waals surface area contributed by atoms with Crippen molar-refractivity contribution in [1.82, 2.24) is 0 Å². The van der Waals surface area contributed by atoms with Crippen molar-refractivity contribution in [2.45, 2.75) is 22.0 Å². The Bertz CT molecular complexity index is 1110. The number of phenolic OH excluding ortho intramolecular Hbond substituents is 1. The van der Waals surface area contributed by atoms with Crippen molar-refractivity contribution in [3.8, 4) is 11.5 Å². The van der Waals surface area contributed by atoms with Crippen molar-refractivity contribution >= 4 is 47.2 Å². The molecule has 0 saturated carbocycles. The Labute approximate surface area is 164 Å². The third-order valence-corrected chi connectivity index (χ3v) is 7.36. The van der Waals surface area contributed by atoms with Gasteiger partial charge in [0.15, 0.2) is 19.7 Å². The van der Waals surface area contributed by atoms with Gasteiger partial charge in [0.1, 0.15) is 21.3 Å². The fourth-order valence-electron chi connectivity index (χ4n) is 2.77. The van der Waals surface area contributed by atoms with E-state index in [0.717, 1.165) is 17.9 Å². The first-order valence-electron chi connectivity index (χ1n) is 7.38. The normalized spacial score (nSPS) is 14.1. The number of fused-ring (bicyclic) bond motifs is 1. The lowest BCUT2D eigenvalue weighted by atomic mass is 10.2. The molecule has 0 unspecified atom stereocenters. The zero-order valence-electron chi connectivity index (χ0n) is 13.5. The highest BCUT2D eigenvalue weighted by Gasteiger charge is 2.29. The van der Waals surface area contributed by atoms with Gasteiger partial charge in [0, 0.05) is 27.7 Å². The van der Waals surface area contributed by atoms with Crippen molar-refractivity contribution in [3.05, 3.63) is 44.9 Å². The Morgan fingerprint density at radius 2 is 1.85 bits per heavy atom. The highest BCUT2D eigenvalue weighted by Crippen LogP contribution is 2.39. The van der Waals surface area contributed by atoms with Crippen LogP contribution in [0, 0.1) is 0 Å². The number of benzene rings is 2. The molecule has 1 aliphatic rings. The standard InChI is InChI=1S/C16H14BrClO6S2/c1-25(20,21)13-7-12(18)5-10(15(13)19)8-26(22,23)14-6-11(17)4-9-2-3-24-16(9)14/h4-7,19H,2-3,8H2,1H3. The molecule has 1 aliphatic heterocycles. The lowest BCUT2D eigenvalue weighted by molar-refractivity contribution is 0.348. The number of hydrogen-bond acceptors (Lipinski definition) is 6. The number of hydrogen-bond donors (Lipinski definition) is 1. The lowest BCUT2D eigenvalue weighted by Gasteiger charge is -2.13. The van der Waals surface area contributed by atoms with Crippen LogP contribution in [0.1, 0.15) is 11.1 Å². The molecular formula is C16H14BrClO6S2. The van der Waals surface area contributed by atoms with Crippen LogP contribution in [0.2, 0.25) is 5.02 Å². The van der Waals surface area contributed by atoms with Gasteiger partial charge in [0.05, 0.1) is 12.4 Å². The van der Waals surface area contributed by atoms with Crippen LogP contribution in [0.3, 0.4) is 0 Å². The van der Waals surface area contributed by atoms with Gasteiger partial charge >= 0.3 is 0 Å². The minimum Gasteiger partial charge on any atom is -0.506 e. The van der Waals surface area contributed by atoms with Crippen LogP contribution in [0.4, 0.5) is 0 Å². The van der Waals surface area contributed by atoms with Crippen molar-refractivity contribution in [2.75, 3.05) is 12.9 Å². The first-order chi connectivity index (χ1) is 12.0. The highest BCUT2D eigenvalue weighted by atomic mass is 79.9. The summed E-state index contributed by atoms with van der Waals surface area (Å²) >= 11 is 9.21. The molecule has 0 bridgehead atoms. The quantitative estimate of drug-likeness (QED) is 0.720. The Balaban J connectivity index is 2.12. The van der Waals surface area contributed by atoms with Gasteiger partial charge in [0.25, 0.3) is 0 Å². The van der Waals surface area contributed by atoms with Crippen molar-refractivity contribution in [1.29, 1.82) is 0 Å². The van der Waals surface area contributed by atoms with Gasteiger partial charge in [-0.1, -0.05) is 27.5 Å². The second kappa shape index (κ2) is 6.70. The molecule has 1 N–H and O–H groups in total. The van der Waals surface area contributed by atoms with Gasteiger partial charge < -0.3 is 9.84 Å². The molecule has 0 aliphatic carbocycles. The van der Waals surface area contributed by atoms with E-state index in [4.69, 9.17) is 16.3 Å². The van der Waals surface area contributed by atoms with Gasteiger partial charge in [0.2, 0.25) is 0 Å². The summed E-state index contributed by atoms with van der Waals surface area (Å²) in [6.45, 7) is 0.384. The number of phenols is 1. The third-order valence-electron chi connectivity index (χ3n) is 3.91. The highest BCUT2D eigenvalue weighted by molar-refractivity contribution is 9.10. The second-order valence-electron chi connectivity index (χ2n) is 5.93. The number of rotatable bonds is 4. The van der Waals surface area contributed by atoms with E-state index in [1.54, 1.807) is 6.07 Å². The molecule has 0 amide bonds. The summed E-state index contributed by atoms with van der Waals surface area (Å²) < 4.78 is 55.5. The van der Waals surface area contributed by atoms with Gasteiger partial charge in [-0.15, -0.1) is 0 Å². The molecule has 140 valence electrons. The fraction of sp³-hybridized carbons (Fsp3) is 0.250. The monoisotopic (exact) mass is 480 g/mol. The molecule has 0 aromatic heterocycles. The molecule has 6 nitrogen and oxygen atoms in total. The van der Waals surface area contributed by atoms with E-state index in [2.05, 4.69) is 15.9 Å². The zero-order chi connectivity index (χ0) is 19.3. The van der Waals surface area contributed by atoms with Crippen molar-refractivity contribution in [2.24, 2.45) is 0 Å². The molecular weight excluding hydrogens is 468 g/mol.